The minimum Gasteiger partial charge on any atom is -0.497 e. The fourth-order valence-electron chi connectivity index (χ4n) is 2.26. The monoisotopic (exact) mass is 422 g/mol. The number of carbonyl (C=O) groups is 1. The lowest BCUT2D eigenvalue weighted by Gasteiger charge is -2.13. The zero-order valence-corrected chi connectivity index (χ0v) is 16.8. The van der Waals surface area contributed by atoms with Crippen molar-refractivity contribution >= 4 is 46.6 Å². The van der Waals surface area contributed by atoms with E-state index in [2.05, 4.69) is 15.5 Å². The summed E-state index contributed by atoms with van der Waals surface area (Å²) in [7, 11) is 1.61. The van der Waals surface area contributed by atoms with Gasteiger partial charge in [0.2, 0.25) is 5.91 Å². The quantitative estimate of drug-likeness (QED) is 0.582. The Kier molecular flexibility index (Phi) is 6.26. The van der Waals surface area contributed by atoms with Gasteiger partial charge in [-0.3, -0.25) is 9.36 Å². The molecule has 0 saturated heterocycles. The second-order valence-corrected chi connectivity index (χ2v) is 7.71. The van der Waals surface area contributed by atoms with Crippen LogP contribution in [0.15, 0.2) is 53.9 Å². The lowest BCUT2D eigenvalue weighted by Crippen LogP contribution is -2.23. The van der Waals surface area contributed by atoms with E-state index < -0.39 is 5.25 Å². The minimum absolute atomic E-state index is 0.214. The molecule has 9 heteroatoms. The maximum absolute atomic E-state index is 12.5. The third-order valence-corrected chi connectivity index (χ3v) is 5.33. The van der Waals surface area contributed by atoms with Crippen molar-refractivity contribution < 1.29 is 9.53 Å². The summed E-state index contributed by atoms with van der Waals surface area (Å²) in [6.45, 7) is 1.78. The van der Waals surface area contributed by atoms with Crippen molar-refractivity contribution in [3.63, 3.8) is 0 Å². The number of nitrogens with one attached hydrogen (secondary N) is 1. The molecule has 3 aromatic rings. The van der Waals surface area contributed by atoms with Gasteiger partial charge < -0.3 is 10.1 Å². The van der Waals surface area contributed by atoms with Crippen LogP contribution in [0, 0.1) is 0 Å². The number of methoxy groups -OCH3 is 1. The number of nitrogens with zero attached hydrogens (tertiary/aromatic N) is 3. The normalized spacial score (nSPS) is 11.9. The highest BCUT2D eigenvalue weighted by Crippen LogP contribution is 2.28. The summed E-state index contributed by atoms with van der Waals surface area (Å²) in [5, 5.41) is 11.9. The van der Waals surface area contributed by atoms with Crippen LogP contribution < -0.4 is 10.1 Å². The molecule has 0 unspecified atom stereocenters. The van der Waals surface area contributed by atoms with Crippen LogP contribution in [-0.4, -0.2) is 33.0 Å². The Labute approximate surface area is 170 Å². The van der Waals surface area contributed by atoms with E-state index in [9.17, 15) is 4.79 Å². The van der Waals surface area contributed by atoms with Gasteiger partial charge in [0.25, 0.3) is 0 Å². The van der Waals surface area contributed by atoms with E-state index in [1.54, 1.807) is 43.1 Å². The Morgan fingerprint density at radius 3 is 2.67 bits per heavy atom. The average molecular weight is 423 g/mol. The number of thioether (sulfide) groups is 1. The van der Waals surface area contributed by atoms with Gasteiger partial charge in [0.05, 0.1) is 23.1 Å². The molecule has 0 bridgehead atoms. The first-order valence-corrected chi connectivity index (χ1v) is 9.58. The van der Waals surface area contributed by atoms with Gasteiger partial charge >= 0.3 is 0 Å². The Morgan fingerprint density at radius 1 is 1.22 bits per heavy atom. The van der Waals surface area contributed by atoms with Crippen LogP contribution >= 0.6 is 35.0 Å². The lowest BCUT2D eigenvalue weighted by atomic mass is 10.3. The molecule has 3 rings (SSSR count). The highest BCUT2D eigenvalue weighted by atomic mass is 35.5. The Morgan fingerprint density at radius 2 is 1.96 bits per heavy atom. The van der Waals surface area contributed by atoms with Gasteiger partial charge in [-0.05, 0) is 49.4 Å². The van der Waals surface area contributed by atoms with Gasteiger partial charge in [-0.15, -0.1) is 10.2 Å². The van der Waals surface area contributed by atoms with Gasteiger partial charge in [0, 0.05) is 10.7 Å². The molecule has 0 aliphatic rings. The molecule has 0 spiro atoms. The standard InChI is InChI=1S/C18H16Cl2N4O2S/c1-11(17(25)22-16-9-12(19)3-8-15(16)20)27-18-23-21-10-24(18)13-4-6-14(26-2)7-5-13/h3-11H,1-2H3,(H,22,25)/t11-/m0/s1. The summed E-state index contributed by atoms with van der Waals surface area (Å²) in [4.78, 5) is 12.5. The maximum atomic E-state index is 12.5. The number of carbonyl (C=O) groups excluding carboxylic acids is 1. The van der Waals surface area contributed by atoms with E-state index in [1.807, 2.05) is 24.3 Å². The number of ether oxygens (including phenoxy) is 1. The van der Waals surface area contributed by atoms with E-state index in [0.717, 1.165) is 11.4 Å². The molecule has 1 N–H and O–H groups in total. The third kappa shape index (κ3) is 4.74. The van der Waals surface area contributed by atoms with Gasteiger partial charge in [0.1, 0.15) is 12.1 Å². The van der Waals surface area contributed by atoms with Gasteiger partial charge in [-0.25, -0.2) is 0 Å². The number of rotatable bonds is 6. The van der Waals surface area contributed by atoms with Crippen LogP contribution in [0.4, 0.5) is 5.69 Å². The summed E-state index contributed by atoms with van der Waals surface area (Å²) in [5.74, 6) is 0.542. The van der Waals surface area contributed by atoms with Crippen molar-refractivity contribution in [1.82, 2.24) is 14.8 Å². The van der Waals surface area contributed by atoms with Gasteiger partial charge in [0.15, 0.2) is 5.16 Å². The molecule has 0 saturated carbocycles. The summed E-state index contributed by atoms with van der Waals surface area (Å²) >= 11 is 13.3. The molecular formula is C18H16Cl2N4O2S. The average Bonchev–Trinajstić information content (AvgIpc) is 3.12. The molecule has 0 aliphatic carbocycles. The van der Waals surface area contributed by atoms with Crippen LogP contribution in [0.25, 0.3) is 5.69 Å². The van der Waals surface area contributed by atoms with E-state index in [0.29, 0.717) is 20.9 Å². The Bertz CT molecular complexity index is 947. The van der Waals surface area contributed by atoms with E-state index >= 15 is 0 Å². The second kappa shape index (κ2) is 8.65. The van der Waals surface area contributed by atoms with Crippen LogP contribution in [0.3, 0.4) is 0 Å². The summed E-state index contributed by atoms with van der Waals surface area (Å²) in [6, 6.07) is 12.4. The van der Waals surface area contributed by atoms with Gasteiger partial charge in [-0.1, -0.05) is 35.0 Å². The topological polar surface area (TPSA) is 69.0 Å². The Hall–Kier alpha value is -2.22. The molecule has 1 aromatic heterocycles. The summed E-state index contributed by atoms with van der Waals surface area (Å²) < 4.78 is 6.97. The number of anilines is 1. The molecule has 0 radical (unpaired) electrons. The van der Waals surface area contributed by atoms with Crippen molar-refractivity contribution in [1.29, 1.82) is 0 Å². The second-order valence-electron chi connectivity index (χ2n) is 5.56. The smallest absolute Gasteiger partial charge is 0.237 e. The molecule has 27 heavy (non-hydrogen) atoms. The number of halogens is 2. The zero-order valence-electron chi connectivity index (χ0n) is 14.5. The van der Waals surface area contributed by atoms with Crippen molar-refractivity contribution in [2.45, 2.75) is 17.3 Å². The molecule has 140 valence electrons. The third-order valence-electron chi connectivity index (χ3n) is 3.70. The number of aromatic nitrogens is 3. The molecule has 2 aromatic carbocycles. The van der Waals surface area contributed by atoms with Gasteiger partial charge in [-0.2, -0.15) is 0 Å². The fourth-order valence-corrected chi connectivity index (χ4v) is 3.44. The summed E-state index contributed by atoms with van der Waals surface area (Å²) in [5.41, 5.74) is 1.34. The molecule has 0 aliphatic heterocycles. The predicted octanol–water partition coefficient (Wildman–Crippen LogP) is 4.70. The molecular weight excluding hydrogens is 407 g/mol. The van der Waals surface area contributed by atoms with Crippen molar-refractivity contribution in [3.8, 4) is 11.4 Å². The maximum Gasteiger partial charge on any atom is 0.237 e. The van der Waals surface area contributed by atoms with E-state index in [-0.39, 0.29) is 5.91 Å². The highest BCUT2D eigenvalue weighted by molar-refractivity contribution is 8.00. The Balaban J connectivity index is 1.72. The van der Waals surface area contributed by atoms with E-state index in [1.165, 1.54) is 11.8 Å². The number of benzene rings is 2. The summed E-state index contributed by atoms with van der Waals surface area (Å²) in [6.07, 6.45) is 1.60. The molecule has 1 atom stereocenters. The zero-order chi connectivity index (χ0) is 19.4. The first kappa shape index (κ1) is 19.5. The van der Waals surface area contributed by atoms with Crippen LogP contribution in [0.1, 0.15) is 6.92 Å². The largest absolute Gasteiger partial charge is 0.497 e. The first-order valence-electron chi connectivity index (χ1n) is 7.95. The van der Waals surface area contributed by atoms with Crippen molar-refractivity contribution in [2.24, 2.45) is 0 Å². The van der Waals surface area contributed by atoms with Crippen molar-refractivity contribution in [2.75, 3.05) is 12.4 Å². The number of hydrogen-bond donors (Lipinski definition) is 1. The van der Waals surface area contributed by atoms with Crippen LogP contribution in [-0.2, 0) is 4.79 Å². The van der Waals surface area contributed by atoms with E-state index in [4.69, 9.17) is 27.9 Å². The van der Waals surface area contributed by atoms with Crippen LogP contribution in [0.2, 0.25) is 10.0 Å². The lowest BCUT2D eigenvalue weighted by molar-refractivity contribution is -0.115. The minimum atomic E-state index is -0.429. The molecule has 1 heterocycles. The fraction of sp³-hybridized carbons (Fsp3) is 0.167. The van der Waals surface area contributed by atoms with Crippen LogP contribution in [0.5, 0.6) is 5.75 Å². The molecule has 6 nitrogen and oxygen atoms in total. The SMILES string of the molecule is COc1ccc(-n2cnnc2S[C@@H](C)C(=O)Nc2cc(Cl)ccc2Cl)cc1. The molecule has 1 amide bonds. The first-order chi connectivity index (χ1) is 13.0. The highest BCUT2D eigenvalue weighted by Gasteiger charge is 2.19. The number of hydrogen-bond acceptors (Lipinski definition) is 5. The predicted molar refractivity (Wildman–Crippen MR) is 108 cm³/mol. The van der Waals surface area contributed by atoms with Crippen molar-refractivity contribution in [3.05, 3.63) is 58.8 Å². The number of amides is 1. The molecule has 0 fully saturated rings.